The fourth-order valence-electron chi connectivity index (χ4n) is 7.99. The number of nitrogens with two attached hydrogens (primary N) is 2. The lowest BCUT2D eigenvalue weighted by atomic mass is 10.0. The van der Waals surface area contributed by atoms with E-state index in [9.17, 15) is 33.6 Å². The normalized spacial score (nSPS) is 18.2. The van der Waals surface area contributed by atoms with Gasteiger partial charge in [-0.15, -0.1) is 0 Å². The molecule has 368 valence electrons. The Hall–Kier alpha value is -3.87. The molecule has 2 aliphatic rings. The van der Waals surface area contributed by atoms with E-state index in [1.54, 1.807) is 13.8 Å². The van der Waals surface area contributed by atoms with Crippen molar-refractivity contribution in [1.82, 2.24) is 47.9 Å². The van der Waals surface area contributed by atoms with Crippen LogP contribution in [0, 0.1) is 0 Å². The van der Waals surface area contributed by atoms with E-state index >= 15 is 0 Å². The first-order chi connectivity index (χ1) is 30.9. The van der Waals surface area contributed by atoms with Crippen LogP contribution in [0.2, 0.25) is 0 Å². The second kappa shape index (κ2) is 34.5. The van der Waals surface area contributed by atoms with Crippen molar-refractivity contribution >= 4 is 41.4 Å². The third-order valence-electron chi connectivity index (χ3n) is 12.1. The molecule has 2 fully saturated rings. The van der Waals surface area contributed by atoms with Crippen LogP contribution in [-0.4, -0.2) is 123 Å². The number of rotatable bonds is 36. The van der Waals surface area contributed by atoms with Gasteiger partial charge in [0.05, 0.1) is 12.1 Å². The van der Waals surface area contributed by atoms with Crippen LogP contribution >= 0.6 is 0 Å². The summed E-state index contributed by atoms with van der Waals surface area (Å²) in [6.45, 7) is 8.47. The third-order valence-corrected chi connectivity index (χ3v) is 12.1. The van der Waals surface area contributed by atoms with E-state index in [1.807, 2.05) is 0 Å². The molecule has 0 radical (unpaired) electrons. The first kappa shape index (κ1) is 56.3. The average Bonchev–Trinajstić information content (AvgIpc) is 4.03. The van der Waals surface area contributed by atoms with Gasteiger partial charge in [0.1, 0.15) is 30.2 Å². The quantitative estimate of drug-likeness (QED) is 0.0401. The summed E-state index contributed by atoms with van der Waals surface area (Å²) >= 11 is 0. The highest BCUT2D eigenvalue weighted by Gasteiger charge is 2.31. The predicted molar refractivity (Wildman–Crippen MR) is 251 cm³/mol. The molecule has 0 aromatic carbocycles. The first-order valence-electron chi connectivity index (χ1n) is 24.9. The van der Waals surface area contributed by atoms with Gasteiger partial charge in [0, 0.05) is 13.1 Å². The molecule has 0 saturated carbocycles. The van der Waals surface area contributed by atoms with Gasteiger partial charge in [0.2, 0.25) is 41.4 Å². The van der Waals surface area contributed by atoms with E-state index in [1.165, 1.54) is 44.9 Å². The molecular weight excluding hydrogens is 819 g/mol. The van der Waals surface area contributed by atoms with Crippen LogP contribution < -0.4 is 59.3 Å². The van der Waals surface area contributed by atoms with Crippen LogP contribution in [0.3, 0.4) is 0 Å². The number of amides is 7. The Kier molecular flexibility index (Phi) is 30.3. The maximum atomic E-state index is 13.9. The van der Waals surface area contributed by atoms with E-state index in [4.69, 9.17) is 11.5 Å². The highest BCUT2D eigenvalue weighted by Crippen LogP contribution is 2.12. The van der Waals surface area contributed by atoms with Crippen molar-refractivity contribution in [3.05, 3.63) is 0 Å². The third kappa shape index (κ3) is 23.9. The van der Waals surface area contributed by atoms with Crippen LogP contribution in [0.5, 0.6) is 0 Å². The molecular formula is C46H87N11O7. The van der Waals surface area contributed by atoms with Crippen molar-refractivity contribution in [1.29, 1.82) is 0 Å². The minimum absolute atomic E-state index is 0.245. The fraction of sp³-hybridized carbons (Fsp3) is 0.848. The lowest BCUT2D eigenvalue weighted by molar-refractivity contribution is -0.134. The van der Waals surface area contributed by atoms with Gasteiger partial charge in [0.15, 0.2) is 0 Å². The summed E-state index contributed by atoms with van der Waals surface area (Å²) in [5.41, 5.74) is 11.4. The second-order valence-electron chi connectivity index (χ2n) is 17.8. The highest BCUT2D eigenvalue weighted by atomic mass is 16.2. The Morgan fingerprint density at radius 1 is 0.469 bits per heavy atom. The summed E-state index contributed by atoms with van der Waals surface area (Å²) in [6.07, 6.45) is 19.2. The topological polar surface area (TPSA) is 280 Å². The summed E-state index contributed by atoms with van der Waals surface area (Å²) in [4.78, 5) is 92.5. The molecule has 0 aliphatic carbocycles. The Balaban J connectivity index is 2.02. The number of carbonyl (C=O) groups excluding carboxylic acids is 7. The zero-order valence-corrected chi connectivity index (χ0v) is 39.6. The predicted octanol–water partition coefficient (Wildman–Crippen LogP) is 1.54. The van der Waals surface area contributed by atoms with Crippen LogP contribution in [-0.2, 0) is 33.6 Å². The van der Waals surface area contributed by atoms with Gasteiger partial charge in [-0.2, -0.15) is 0 Å². The minimum atomic E-state index is -0.957. The lowest BCUT2D eigenvalue weighted by Gasteiger charge is -2.25. The van der Waals surface area contributed by atoms with Gasteiger partial charge >= 0.3 is 0 Å². The Morgan fingerprint density at radius 2 is 0.828 bits per heavy atom. The van der Waals surface area contributed by atoms with E-state index in [0.717, 1.165) is 45.2 Å². The number of unbranched alkanes of at least 4 members (excludes halogenated alkanes) is 12. The van der Waals surface area contributed by atoms with Gasteiger partial charge in [-0.25, -0.2) is 0 Å². The summed E-state index contributed by atoms with van der Waals surface area (Å²) in [5.74, 6) is -2.66. The monoisotopic (exact) mass is 906 g/mol. The largest absolute Gasteiger partial charge is 0.354 e. The molecule has 18 heteroatoms. The Bertz CT molecular complexity index is 1380. The lowest BCUT2D eigenvalue weighted by Crippen LogP contribution is -2.57. The maximum Gasteiger partial charge on any atom is 0.243 e. The number of nitrogens with one attached hydrogen (secondary N) is 9. The number of carbonyl (C=O) groups is 7. The van der Waals surface area contributed by atoms with Crippen LogP contribution in [0.4, 0.5) is 0 Å². The molecule has 64 heavy (non-hydrogen) atoms. The van der Waals surface area contributed by atoms with Crippen LogP contribution in [0.25, 0.3) is 0 Å². The van der Waals surface area contributed by atoms with Crippen molar-refractivity contribution in [2.75, 3.05) is 39.3 Å². The molecule has 0 aromatic rings. The molecule has 2 aliphatic heterocycles. The molecule has 2 heterocycles. The summed E-state index contributed by atoms with van der Waals surface area (Å²) in [7, 11) is 0. The molecule has 0 aromatic heterocycles. The zero-order valence-electron chi connectivity index (χ0n) is 39.6. The molecule has 0 bridgehead atoms. The van der Waals surface area contributed by atoms with Gasteiger partial charge < -0.3 is 59.3 Å². The fourth-order valence-corrected chi connectivity index (χ4v) is 7.99. The van der Waals surface area contributed by atoms with Crippen molar-refractivity contribution < 1.29 is 33.6 Å². The van der Waals surface area contributed by atoms with Crippen molar-refractivity contribution in [2.45, 2.75) is 211 Å². The Morgan fingerprint density at radius 3 is 1.22 bits per heavy atom. The molecule has 7 amide bonds. The average molecular weight is 906 g/mol. The second-order valence-corrected chi connectivity index (χ2v) is 17.8. The smallest absolute Gasteiger partial charge is 0.243 e. The van der Waals surface area contributed by atoms with Gasteiger partial charge in [-0.3, -0.25) is 33.6 Å². The molecule has 0 spiro atoms. The van der Waals surface area contributed by atoms with Gasteiger partial charge in [-0.05, 0) is 130 Å². The van der Waals surface area contributed by atoms with E-state index < -0.39 is 47.9 Å². The molecule has 18 nitrogen and oxygen atoms in total. The van der Waals surface area contributed by atoms with E-state index in [-0.39, 0.29) is 48.7 Å². The van der Waals surface area contributed by atoms with Gasteiger partial charge in [0.25, 0.3) is 0 Å². The SMILES string of the molecule is CCCCCCCCCCCCNC(=O)[C@H](CCCCNC(=O)[C@H](CCCCN)NC(=O)[C@H](C)NC(=O)[C@@H]1CCCN1)NC(=O)[C@H](CCCCN)NC(=O)[C@H](C)NC(=O)[C@@H]1CCCN1. The van der Waals surface area contributed by atoms with Crippen LogP contribution in [0.1, 0.15) is 168 Å². The molecule has 13 N–H and O–H groups in total. The summed E-state index contributed by atoms with van der Waals surface area (Å²) < 4.78 is 0. The highest BCUT2D eigenvalue weighted by molar-refractivity contribution is 5.95. The Labute approximate surface area is 383 Å². The van der Waals surface area contributed by atoms with Gasteiger partial charge in [-0.1, -0.05) is 64.7 Å². The van der Waals surface area contributed by atoms with E-state index in [0.29, 0.717) is 83.8 Å². The molecule has 2 rings (SSSR count). The van der Waals surface area contributed by atoms with Crippen molar-refractivity contribution in [3.63, 3.8) is 0 Å². The summed E-state index contributed by atoms with van der Waals surface area (Å²) in [6, 6.07) is -5.09. The number of hydrogen-bond acceptors (Lipinski definition) is 11. The molecule has 2 saturated heterocycles. The van der Waals surface area contributed by atoms with Crippen molar-refractivity contribution in [2.24, 2.45) is 11.5 Å². The summed E-state index contributed by atoms with van der Waals surface area (Å²) in [5, 5.41) is 26.1. The zero-order chi connectivity index (χ0) is 47.0. The molecule has 0 unspecified atom stereocenters. The standard InChI is InChI=1S/C46H87N11O7/c1-4-5-6-7-8-9-10-11-12-18-29-51-43(61)38(57-46(64)39(23-14-17-28-48)56-41(59)34(3)54-45(63)36-26-21-32-50-36)24-15-19-30-52-42(60)37(22-13-16-27-47)55-40(58)33(2)53-44(62)35-25-20-31-49-35/h33-39,49-50H,4-32,47-48H2,1-3H3,(H,51,61)(H,52,60)(H,53,62)(H,54,63)(H,55,58)(H,56,59)(H,57,64)/t33-,34-,35-,36-,37-,38-,39-/m0/s1. The van der Waals surface area contributed by atoms with Crippen molar-refractivity contribution in [3.8, 4) is 0 Å². The minimum Gasteiger partial charge on any atom is -0.354 e. The van der Waals surface area contributed by atoms with E-state index in [2.05, 4.69) is 54.8 Å². The number of hydrogen-bond donors (Lipinski definition) is 11. The van der Waals surface area contributed by atoms with Crippen LogP contribution in [0.15, 0.2) is 0 Å². The maximum absolute atomic E-state index is 13.9. The first-order valence-corrected chi connectivity index (χ1v) is 24.9. The molecule has 7 atom stereocenters.